The number of fused-ring (bicyclic) bond motifs is 5. The van der Waals surface area contributed by atoms with Gasteiger partial charge in [0.1, 0.15) is 18.0 Å². The van der Waals surface area contributed by atoms with Crippen molar-refractivity contribution in [3.8, 4) is 0 Å². The minimum absolute atomic E-state index is 0.162. The van der Waals surface area contributed by atoms with Gasteiger partial charge in [-0.3, -0.25) is 19.2 Å². The average Bonchev–Trinajstić information content (AvgIpc) is 3.23. The Labute approximate surface area is 212 Å². The maximum Gasteiger partial charge on any atom is 0.306 e. The van der Waals surface area contributed by atoms with Crippen LogP contribution in [0.2, 0.25) is 0 Å². The fourth-order valence-electron chi connectivity index (χ4n) is 7.59. The second-order valence-corrected chi connectivity index (χ2v) is 11.7. The Balaban J connectivity index is 1.93. The van der Waals surface area contributed by atoms with E-state index in [1.165, 1.54) is 0 Å². The Morgan fingerprint density at radius 2 is 1.72 bits per heavy atom. The number of ether oxygens (including phenoxy) is 2. The molecule has 8 heteroatoms. The van der Waals surface area contributed by atoms with Gasteiger partial charge >= 0.3 is 11.9 Å². The molecule has 0 aromatic carbocycles. The van der Waals surface area contributed by atoms with Crippen molar-refractivity contribution in [2.24, 2.45) is 29.1 Å². The summed E-state index contributed by atoms with van der Waals surface area (Å²) in [5.74, 6) is -4.50. The first-order chi connectivity index (χ1) is 16.8. The van der Waals surface area contributed by atoms with E-state index in [0.29, 0.717) is 24.7 Å². The smallest absolute Gasteiger partial charge is 0.306 e. The summed E-state index contributed by atoms with van der Waals surface area (Å²) < 4.78 is 12.2. The second kappa shape index (κ2) is 8.62. The third kappa shape index (κ3) is 3.33. The molecule has 0 aliphatic heterocycles. The van der Waals surface area contributed by atoms with E-state index < -0.39 is 69.7 Å². The summed E-state index contributed by atoms with van der Waals surface area (Å²) in [7, 11) is 0. The standard InChI is InChI=1S/C28H38O8/c1-7-9-20(30)35-24-16(4)27(34)18(22-25(5,6)28(22,24)36-21(31)10-8-2)12-17(14-29)13-26(33)19(27)11-15(3)23(26)32/h11-12,14,16,18-19,22,24,33-34H,7-10,13H2,1-6H3/t16-,18+,19-,22-,24-,26-,27-,28-/m1/s1. The topological polar surface area (TPSA) is 127 Å². The summed E-state index contributed by atoms with van der Waals surface area (Å²) >= 11 is 0. The number of rotatable bonds is 7. The Hall–Kier alpha value is -2.32. The monoisotopic (exact) mass is 502 g/mol. The fourth-order valence-corrected chi connectivity index (χ4v) is 7.59. The second-order valence-electron chi connectivity index (χ2n) is 11.7. The summed E-state index contributed by atoms with van der Waals surface area (Å²) in [6.07, 6.45) is 4.11. The summed E-state index contributed by atoms with van der Waals surface area (Å²) in [4.78, 5) is 50.8. The lowest BCUT2D eigenvalue weighted by atomic mass is 9.59. The third-order valence-electron chi connectivity index (χ3n) is 9.31. The quantitative estimate of drug-likeness (QED) is 0.402. The molecule has 8 atom stereocenters. The molecule has 0 bridgehead atoms. The number of hydrogen-bond acceptors (Lipinski definition) is 8. The van der Waals surface area contributed by atoms with E-state index in [2.05, 4.69) is 0 Å². The number of hydrogen-bond donors (Lipinski definition) is 2. The van der Waals surface area contributed by atoms with Crippen molar-refractivity contribution in [1.29, 1.82) is 0 Å². The maximum absolute atomic E-state index is 13.1. The molecule has 4 aliphatic carbocycles. The molecule has 0 aromatic rings. The van der Waals surface area contributed by atoms with Gasteiger partial charge in [0.25, 0.3) is 0 Å². The molecule has 2 fully saturated rings. The Morgan fingerprint density at radius 3 is 2.31 bits per heavy atom. The fraction of sp³-hybridized carbons (Fsp3) is 0.714. The minimum atomic E-state index is -2.00. The van der Waals surface area contributed by atoms with Gasteiger partial charge in [-0.15, -0.1) is 0 Å². The molecule has 0 aromatic heterocycles. The Morgan fingerprint density at radius 1 is 1.11 bits per heavy atom. The highest BCUT2D eigenvalue weighted by atomic mass is 16.6. The van der Waals surface area contributed by atoms with Crippen molar-refractivity contribution in [2.75, 3.05) is 0 Å². The Kier molecular flexibility index (Phi) is 6.40. The predicted octanol–water partition coefficient (Wildman–Crippen LogP) is 2.84. The molecular formula is C28H38O8. The van der Waals surface area contributed by atoms with Crippen molar-refractivity contribution in [3.63, 3.8) is 0 Å². The molecule has 0 amide bonds. The van der Waals surface area contributed by atoms with Crippen LogP contribution >= 0.6 is 0 Å². The molecule has 36 heavy (non-hydrogen) atoms. The van der Waals surface area contributed by atoms with Gasteiger partial charge in [0.05, 0.1) is 5.60 Å². The summed E-state index contributed by atoms with van der Waals surface area (Å²) in [5.41, 5.74) is -5.15. The zero-order valence-electron chi connectivity index (χ0n) is 22.0. The molecule has 0 heterocycles. The summed E-state index contributed by atoms with van der Waals surface area (Å²) in [6.45, 7) is 10.8. The molecule has 2 saturated carbocycles. The first kappa shape index (κ1) is 26.7. The van der Waals surface area contributed by atoms with Crippen LogP contribution in [0.25, 0.3) is 0 Å². The van der Waals surface area contributed by atoms with Crippen LogP contribution < -0.4 is 0 Å². The van der Waals surface area contributed by atoms with Crippen molar-refractivity contribution < 1.29 is 38.9 Å². The SMILES string of the molecule is CCCC(=O)O[C@@H]1[C@@H](C)[C@@]2(O)[C@@H](C=C(C=O)C[C@]3(O)C(=O)C(C)=C[C@@H]23)[C@@H]2C(C)(C)[C@]12OC(=O)CCC. The average molecular weight is 503 g/mol. The van der Waals surface area contributed by atoms with Gasteiger partial charge in [0, 0.05) is 48.3 Å². The van der Waals surface area contributed by atoms with Crippen molar-refractivity contribution in [2.45, 2.75) is 96.6 Å². The number of ketones is 1. The van der Waals surface area contributed by atoms with Crippen LogP contribution in [-0.4, -0.2) is 57.1 Å². The highest BCUT2D eigenvalue weighted by Gasteiger charge is 2.87. The molecule has 4 rings (SSSR count). The minimum Gasteiger partial charge on any atom is -0.458 e. The van der Waals surface area contributed by atoms with Gasteiger partial charge in [0.15, 0.2) is 11.4 Å². The molecular weight excluding hydrogens is 464 g/mol. The number of esters is 2. The van der Waals surface area contributed by atoms with E-state index in [0.717, 1.165) is 0 Å². The number of aldehydes is 1. The van der Waals surface area contributed by atoms with Gasteiger partial charge in [-0.1, -0.05) is 46.8 Å². The predicted molar refractivity (Wildman–Crippen MR) is 129 cm³/mol. The number of carbonyl (C=O) groups is 4. The lowest BCUT2D eigenvalue weighted by Gasteiger charge is -2.53. The first-order valence-electron chi connectivity index (χ1n) is 13.0. The van der Waals surface area contributed by atoms with Crippen molar-refractivity contribution in [3.05, 3.63) is 23.3 Å². The molecule has 0 radical (unpaired) electrons. The normalized spacial score (nSPS) is 42.1. The van der Waals surface area contributed by atoms with Crippen LogP contribution in [0, 0.1) is 29.1 Å². The number of Topliss-reactive ketones (excluding diaryl/α,β-unsaturated/α-hetero) is 1. The van der Waals surface area contributed by atoms with Gasteiger partial charge in [0.2, 0.25) is 0 Å². The zero-order chi connectivity index (χ0) is 26.8. The lowest BCUT2D eigenvalue weighted by Crippen LogP contribution is -2.66. The van der Waals surface area contributed by atoms with E-state index in [9.17, 15) is 29.4 Å². The van der Waals surface area contributed by atoms with E-state index in [1.54, 1.807) is 26.0 Å². The van der Waals surface area contributed by atoms with Crippen LogP contribution in [0.15, 0.2) is 23.3 Å². The Bertz CT molecular complexity index is 1060. The molecule has 0 unspecified atom stereocenters. The highest BCUT2D eigenvalue weighted by Crippen LogP contribution is 2.77. The van der Waals surface area contributed by atoms with Crippen LogP contribution in [-0.2, 0) is 28.7 Å². The largest absolute Gasteiger partial charge is 0.458 e. The third-order valence-corrected chi connectivity index (χ3v) is 9.31. The van der Waals surface area contributed by atoms with Gasteiger partial charge in [-0.05, 0) is 30.9 Å². The van der Waals surface area contributed by atoms with E-state index >= 15 is 0 Å². The van der Waals surface area contributed by atoms with Crippen LogP contribution in [0.3, 0.4) is 0 Å². The molecule has 8 nitrogen and oxygen atoms in total. The molecule has 0 saturated heterocycles. The summed E-state index contributed by atoms with van der Waals surface area (Å²) in [6, 6.07) is 0. The van der Waals surface area contributed by atoms with Crippen molar-refractivity contribution in [1.82, 2.24) is 0 Å². The summed E-state index contributed by atoms with van der Waals surface area (Å²) in [5, 5.41) is 24.2. The zero-order valence-corrected chi connectivity index (χ0v) is 22.0. The van der Waals surface area contributed by atoms with Crippen LogP contribution in [0.4, 0.5) is 0 Å². The van der Waals surface area contributed by atoms with Crippen LogP contribution in [0.1, 0.15) is 73.6 Å². The molecule has 4 aliphatic rings. The molecule has 0 spiro atoms. The van der Waals surface area contributed by atoms with E-state index in [1.807, 2.05) is 27.7 Å². The van der Waals surface area contributed by atoms with Gasteiger partial charge < -0.3 is 19.7 Å². The van der Waals surface area contributed by atoms with Crippen LogP contribution in [0.5, 0.6) is 0 Å². The number of aliphatic hydroxyl groups is 2. The van der Waals surface area contributed by atoms with Gasteiger partial charge in [-0.2, -0.15) is 0 Å². The maximum atomic E-state index is 13.1. The molecule has 2 N–H and O–H groups in total. The number of carbonyl (C=O) groups excluding carboxylic acids is 4. The first-order valence-corrected chi connectivity index (χ1v) is 13.0. The van der Waals surface area contributed by atoms with Gasteiger partial charge in [-0.25, -0.2) is 0 Å². The highest BCUT2D eigenvalue weighted by molar-refractivity contribution is 6.05. The van der Waals surface area contributed by atoms with E-state index in [4.69, 9.17) is 9.47 Å². The molecule has 198 valence electrons. The lowest BCUT2D eigenvalue weighted by molar-refractivity contribution is -0.229. The van der Waals surface area contributed by atoms with Crippen molar-refractivity contribution >= 4 is 24.0 Å². The van der Waals surface area contributed by atoms with E-state index in [-0.39, 0.29) is 24.8 Å².